The summed E-state index contributed by atoms with van der Waals surface area (Å²) in [5, 5.41) is 9.46. The second-order valence-corrected chi connectivity index (χ2v) is 6.32. The van der Waals surface area contributed by atoms with Gasteiger partial charge in [0.05, 0.1) is 0 Å². The quantitative estimate of drug-likeness (QED) is 0.322. The number of rotatable bonds is 11. The highest BCUT2D eigenvalue weighted by molar-refractivity contribution is 5.81. The first-order valence-electron chi connectivity index (χ1n) is 9.64. The van der Waals surface area contributed by atoms with Gasteiger partial charge in [0.2, 0.25) is 5.91 Å². The molecule has 3 N–H and O–H groups in total. The smallest absolute Gasteiger partial charge is 0.221 e. The predicted octanol–water partition coefficient (Wildman–Crippen LogP) is 2.37. The summed E-state index contributed by atoms with van der Waals surface area (Å²) in [6.45, 7) is 9.64. The van der Waals surface area contributed by atoms with E-state index in [1.807, 2.05) is 13.0 Å². The Balaban J connectivity index is 2.22. The van der Waals surface area contributed by atoms with Crippen molar-refractivity contribution >= 4 is 17.6 Å². The Morgan fingerprint density at radius 3 is 2.46 bits per heavy atom. The Morgan fingerprint density at radius 1 is 1.15 bits per heavy atom. The van der Waals surface area contributed by atoms with E-state index < -0.39 is 0 Å². The zero-order valence-electron chi connectivity index (χ0n) is 16.7. The number of anilines is 1. The van der Waals surface area contributed by atoms with Crippen LogP contribution >= 0.6 is 0 Å². The first-order valence-corrected chi connectivity index (χ1v) is 9.64. The minimum absolute atomic E-state index is 0.0729. The number of nitrogens with one attached hydrogen (secondary N) is 3. The summed E-state index contributed by atoms with van der Waals surface area (Å²) in [5.74, 6) is 0.813. The molecule has 0 bridgehead atoms. The summed E-state index contributed by atoms with van der Waals surface area (Å²) in [6, 6.07) is 10.7. The van der Waals surface area contributed by atoms with Gasteiger partial charge in [-0.05, 0) is 38.8 Å². The second-order valence-electron chi connectivity index (χ2n) is 6.32. The molecule has 1 atom stereocenters. The van der Waals surface area contributed by atoms with Crippen LogP contribution < -0.4 is 20.9 Å². The van der Waals surface area contributed by atoms with E-state index in [-0.39, 0.29) is 11.9 Å². The molecule has 0 aromatic heterocycles. The first-order chi connectivity index (χ1) is 12.6. The molecule has 146 valence electrons. The highest BCUT2D eigenvalue weighted by atomic mass is 16.1. The van der Waals surface area contributed by atoms with Gasteiger partial charge in [0.25, 0.3) is 0 Å². The molecule has 0 saturated carbocycles. The summed E-state index contributed by atoms with van der Waals surface area (Å²) in [4.78, 5) is 18.3. The fourth-order valence-electron chi connectivity index (χ4n) is 2.55. The lowest BCUT2D eigenvalue weighted by atomic mass is 10.2. The summed E-state index contributed by atoms with van der Waals surface area (Å²) < 4.78 is 0. The maximum absolute atomic E-state index is 11.8. The van der Waals surface area contributed by atoms with Gasteiger partial charge in [-0.25, -0.2) is 0 Å². The number of carbonyl (C=O) groups excluding carboxylic acids is 1. The molecule has 1 rings (SSSR count). The monoisotopic (exact) mass is 361 g/mol. The summed E-state index contributed by atoms with van der Waals surface area (Å²) in [6.07, 6.45) is 2.40. The molecule has 6 heteroatoms. The van der Waals surface area contributed by atoms with Gasteiger partial charge in [0, 0.05) is 51.4 Å². The van der Waals surface area contributed by atoms with Crippen LogP contribution in [0, 0.1) is 0 Å². The van der Waals surface area contributed by atoms with Crippen LogP contribution in [0.15, 0.2) is 35.3 Å². The number of hydrogen-bond donors (Lipinski definition) is 3. The van der Waals surface area contributed by atoms with Crippen molar-refractivity contribution in [1.29, 1.82) is 0 Å². The van der Waals surface area contributed by atoms with E-state index in [9.17, 15) is 4.79 Å². The highest BCUT2D eigenvalue weighted by Gasteiger charge is 2.06. The minimum Gasteiger partial charge on any atom is -0.372 e. The normalized spacial score (nSPS) is 12.4. The molecular weight excluding hydrogens is 326 g/mol. The van der Waals surface area contributed by atoms with Crippen molar-refractivity contribution in [2.24, 2.45) is 4.99 Å². The SMILES string of the molecule is CCC(C)NC(=O)CCNC(=NC)NCCCN(CC)c1ccccc1. The van der Waals surface area contributed by atoms with Crippen LogP contribution in [0.5, 0.6) is 0 Å². The first kappa shape index (κ1) is 21.8. The maximum Gasteiger partial charge on any atom is 0.221 e. The summed E-state index contributed by atoms with van der Waals surface area (Å²) in [5.41, 5.74) is 1.25. The van der Waals surface area contributed by atoms with Crippen molar-refractivity contribution < 1.29 is 4.79 Å². The van der Waals surface area contributed by atoms with E-state index >= 15 is 0 Å². The number of carbonyl (C=O) groups is 1. The molecule has 0 aliphatic heterocycles. The van der Waals surface area contributed by atoms with Gasteiger partial charge in [-0.3, -0.25) is 9.79 Å². The highest BCUT2D eigenvalue weighted by Crippen LogP contribution is 2.12. The fraction of sp³-hybridized carbons (Fsp3) is 0.600. The Hall–Kier alpha value is -2.24. The second kappa shape index (κ2) is 13.0. The van der Waals surface area contributed by atoms with E-state index in [1.54, 1.807) is 7.05 Å². The Labute approximate surface area is 158 Å². The van der Waals surface area contributed by atoms with E-state index in [0.29, 0.717) is 13.0 Å². The van der Waals surface area contributed by atoms with Gasteiger partial charge in [0.1, 0.15) is 0 Å². The van der Waals surface area contributed by atoms with Gasteiger partial charge in [-0.1, -0.05) is 25.1 Å². The minimum atomic E-state index is 0.0729. The molecule has 1 aromatic carbocycles. The summed E-state index contributed by atoms with van der Waals surface area (Å²) >= 11 is 0. The number of para-hydroxylation sites is 1. The molecule has 1 aromatic rings. The molecule has 1 amide bonds. The number of amides is 1. The van der Waals surface area contributed by atoms with E-state index in [1.165, 1.54) is 5.69 Å². The zero-order valence-corrected chi connectivity index (χ0v) is 16.7. The molecule has 0 heterocycles. The molecule has 26 heavy (non-hydrogen) atoms. The average Bonchev–Trinajstić information content (AvgIpc) is 2.67. The Kier molecular flexibility index (Phi) is 10.9. The third-order valence-electron chi connectivity index (χ3n) is 4.29. The molecule has 0 aliphatic rings. The van der Waals surface area contributed by atoms with Crippen molar-refractivity contribution in [3.8, 4) is 0 Å². The standard InChI is InChI=1S/C20H35N5O/c1-5-17(3)24-19(26)13-15-23-20(21-4)22-14-10-16-25(6-2)18-11-8-7-9-12-18/h7-9,11-12,17H,5-6,10,13-16H2,1-4H3,(H,24,26)(H2,21,22,23). The van der Waals surface area contributed by atoms with Crippen molar-refractivity contribution in [1.82, 2.24) is 16.0 Å². The van der Waals surface area contributed by atoms with Crippen LogP contribution in [0.1, 0.15) is 40.0 Å². The van der Waals surface area contributed by atoms with Gasteiger partial charge in [-0.2, -0.15) is 0 Å². The lowest BCUT2D eigenvalue weighted by Gasteiger charge is -2.23. The van der Waals surface area contributed by atoms with Gasteiger partial charge in [-0.15, -0.1) is 0 Å². The van der Waals surface area contributed by atoms with Crippen molar-refractivity contribution in [2.45, 2.75) is 46.1 Å². The van der Waals surface area contributed by atoms with Crippen molar-refractivity contribution in [3.05, 3.63) is 30.3 Å². The fourth-order valence-corrected chi connectivity index (χ4v) is 2.55. The van der Waals surface area contributed by atoms with Gasteiger partial charge < -0.3 is 20.9 Å². The van der Waals surface area contributed by atoms with Crippen LogP contribution in [0.3, 0.4) is 0 Å². The molecule has 0 radical (unpaired) electrons. The van der Waals surface area contributed by atoms with E-state index in [2.05, 4.69) is 64.0 Å². The van der Waals surface area contributed by atoms with Crippen LogP contribution in [-0.2, 0) is 4.79 Å². The van der Waals surface area contributed by atoms with E-state index in [0.717, 1.165) is 38.4 Å². The molecule has 0 fully saturated rings. The maximum atomic E-state index is 11.8. The third-order valence-corrected chi connectivity index (χ3v) is 4.29. The lowest BCUT2D eigenvalue weighted by Crippen LogP contribution is -2.41. The van der Waals surface area contributed by atoms with Crippen LogP contribution in [0.4, 0.5) is 5.69 Å². The Morgan fingerprint density at radius 2 is 1.85 bits per heavy atom. The molecule has 1 unspecified atom stereocenters. The third kappa shape index (κ3) is 8.74. The molecule has 6 nitrogen and oxygen atoms in total. The molecule has 0 aliphatic carbocycles. The number of benzene rings is 1. The topological polar surface area (TPSA) is 68.8 Å². The number of hydrogen-bond acceptors (Lipinski definition) is 3. The largest absolute Gasteiger partial charge is 0.372 e. The molecular formula is C20H35N5O. The number of aliphatic imine (C=N–C) groups is 1. The van der Waals surface area contributed by atoms with Gasteiger partial charge >= 0.3 is 0 Å². The van der Waals surface area contributed by atoms with Crippen molar-refractivity contribution in [2.75, 3.05) is 38.1 Å². The average molecular weight is 362 g/mol. The number of nitrogens with zero attached hydrogens (tertiary/aromatic N) is 2. The number of guanidine groups is 1. The summed E-state index contributed by atoms with van der Waals surface area (Å²) in [7, 11) is 1.75. The molecule has 0 spiro atoms. The zero-order chi connectivity index (χ0) is 19.2. The van der Waals surface area contributed by atoms with Crippen LogP contribution in [-0.4, -0.2) is 51.1 Å². The van der Waals surface area contributed by atoms with E-state index in [4.69, 9.17) is 0 Å². The predicted molar refractivity (Wildman–Crippen MR) is 111 cm³/mol. The Bertz CT molecular complexity index is 532. The van der Waals surface area contributed by atoms with Crippen LogP contribution in [0.2, 0.25) is 0 Å². The van der Waals surface area contributed by atoms with Gasteiger partial charge in [0.15, 0.2) is 5.96 Å². The lowest BCUT2D eigenvalue weighted by molar-refractivity contribution is -0.121. The molecule has 0 saturated heterocycles. The van der Waals surface area contributed by atoms with Crippen LogP contribution in [0.25, 0.3) is 0 Å². The van der Waals surface area contributed by atoms with Crippen molar-refractivity contribution in [3.63, 3.8) is 0 Å².